The van der Waals surface area contributed by atoms with Crippen molar-refractivity contribution in [2.45, 2.75) is 20.3 Å². The van der Waals surface area contributed by atoms with Gasteiger partial charge in [0.05, 0.1) is 24.3 Å². The fourth-order valence-corrected chi connectivity index (χ4v) is 3.58. The van der Waals surface area contributed by atoms with Crippen molar-refractivity contribution in [3.05, 3.63) is 77.9 Å². The molecule has 2 amide bonds. The van der Waals surface area contributed by atoms with Gasteiger partial charge < -0.3 is 19.7 Å². The van der Waals surface area contributed by atoms with Crippen LogP contribution in [0.1, 0.15) is 29.8 Å². The standard InChI is InChI=1S/C25H24N2O4/c1-3-27-21-7-5-6-8-23(21)31-22-14-11-18(16-20(22)25(27)29)26-24(28)15-17-9-12-19(13-10-17)30-4-2/h5-14,16H,3-4,15H2,1-2H3,(H,26,28). The molecule has 0 spiro atoms. The minimum atomic E-state index is -0.165. The first kappa shape index (κ1) is 20.5. The van der Waals surface area contributed by atoms with Gasteiger partial charge in [0.25, 0.3) is 5.91 Å². The fourth-order valence-electron chi connectivity index (χ4n) is 3.58. The molecule has 1 N–H and O–H groups in total. The molecule has 4 rings (SSSR count). The van der Waals surface area contributed by atoms with E-state index in [1.54, 1.807) is 23.1 Å². The molecular formula is C25H24N2O4. The van der Waals surface area contributed by atoms with Crippen molar-refractivity contribution in [1.29, 1.82) is 0 Å². The second-order valence-electron chi connectivity index (χ2n) is 7.13. The Balaban J connectivity index is 1.52. The Kier molecular flexibility index (Phi) is 5.89. The highest BCUT2D eigenvalue weighted by Gasteiger charge is 2.27. The number of rotatable bonds is 6. The first-order valence-electron chi connectivity index (χ1n) is 10.3. The van der Waals surface area contributed by atoms with Crippen molar-refractivity contribution in [2.24, 2.45) is 0 Å². The molecule has 0 atom stereocenters. The first-order valence-corrected chi connectivity index (χ1v) is 10.3. The molecule has 6 nitrogen and oxygen atoms in total. The fraction of sp³-hybridized carbons (Fsp3) is 0.200. The summed E-state index contributed by atoms with van der Waals surface area (Å²) in [6.07, 6.45) is 0.223. The summed E-state index contributed by atoms with van der Waals surface area (Å²) in [4.78, 5) is 27.4. The molecule has 0 aliphatic carbocycles. The number of benzene rings is 3. The number of para-hydroxylation sites is 2. The molecule has 0 aromatic heterocycles. The Labute approximate surface area is 181 Å². The minimum absolute atomic E-state index is 0.162. The lowest BCUT2D eigenvalue weighted by Gasteiger charge is -2.19. The maximum Gasteiger partial charge on any atom is 0.262 e. The molecule has 0 bridgehead atoms. The molecule has 0 saturated heterocycles. The Bertz CT molecular complexity index is 1110. The minimum Gasteiger partial charge on any atom is -0.494 e. The average Bonchev–Trinajstić information content (AvgIpc) is 2.89. The molecule has 0 radical (unpaired) electrons. The van der Waals surface area contributed by atoms with Crippen molar-refractivity contribution in [3.8, 4) is 17.2 Å². The summed E-state index contributed by atoms with van der Waals surface area (Å²) >= 11 is 0. The summed E-state index contributed by atoms with van der Waals surface area (Å²) < 4.78 is 11.4. The van der Waals surface area contributed by atoms with Crippen molar-refractivity contribution in [1.82, 2.24) is 0 Å². The number of nitrogens with zero attached hydrogens (tertiary/aromatic N) is 1. The average molecular weight is 416 g/mol. The highest BCUT2D eigenvalue weighted by molar-refractivity contribution is 6.10. The van der Waals surface area contributed by atoms with Gasteiger partial charge in [0.15, 0.2) is 5.75 Å². The summed E-state index contributed by atoms with van der Waals surface area (Å²) in [7, 11) is 0. The molecule has 1 heterocycles. The van der Waals surface area contributed by atoms with Gasteiger partial charge in [-0.2, -0.15) is 0 Å². The molecule has 1 aliphatic rings. The number of fused-ring (bicyclic) bond motifs is 2. The molecule has 0 unspecified atom stereocenters. The summed E-state index contributed by atoms with van der Waals surface area (Å²) in [6.45, 7) is 4.95. The zero-order chi connectivity index (χ0) is 21.8. The van der Waals surface area contributed by atoms with Crippen LogP contribution in [-0.4, -0.2) is 25.0 Å². The van der Waals surface area contributed by atoms with Crippen LogP contribution in [0.2, 0.25) is 0 Å². The first-order chi connectivity index (χ1) is 15.1. The highest BCUT2D eigenvalue weighted by Crippen LogP contribution is 2.39. The van der Waals surface area contributed by atoms with Crippen molar-refractivity contribution < 1.29 is 19.1 Å². The SMILES string of the molecule is CCOc1ccc(CC(=O)Nc2ccc3c(c2)C(=O)N(CC)c2ccccc2O3)cc1. The van der Waals surface area contributed by atoms with E-state index in [0.717, 1.165) is 17.0 Å². The van der Waals surface area contributed by atoms with Gasteiger partial charge in [-0.1, -0.05) is 24.3 Å². The van der Waals surface area contributed by atoms with E-state index in [0.29, 0.717) is 35.9 Å². The van der Waals surface area contributed by atoms with Crippen LogP contribution in [0.15, 0.2) is 66.7 Å². The number of carbonyl (C=O) groups excluding carboxylic acids is 2. The number of hydrogen-bond acceptors (Lipinski definition) is 4. The van der Waals surface area contributed by atoms with Gasteiger partial charge in [0, 0.05) is 12.2 Å². The Morgan fingerprint density at radius 1 is 1.00 bits per heavy atom. The Hall–Kier alpha value is -3.80. The van der Waals surface area contributed by atoms with E-state index >= 15 is 0 Å². The van der Waals surface area contributed by atoms with Crippen molar-refractivity contribution in [2.75, 3.05) is 23.4 Å². The molecule has 1 aliphatic heterocycles. The molecular weight excluding hydrogens is 392 g/mol. The number of nitrogens with one attached hydrogen (secondary N) is 1. The molecule has 31 heavy (non-hydrogen) atoms. The van der Waals surface area contributed by atoms with Crippen LogP contribution in [0.3, 0.4) is 0 Å². The summed E-state index contributed by atoms with van der Waals surface area (Å²) in [6, 6.07) is 20.0. The zero-order valence-electron chi connectivity index (χ0n) is 17.6. The second kappa shape index (κ2) is 8.92. The largest absolute Gasteiger partial charge is 0.494 e. The predicted octanol–water partition coefficient (Wildman–Crippen LogP) is 5.04. The van der Waals surface area contributed by atoms with Crippen molar-refractivity contribution >= 4 is 23.2 Å². The third kappa shape index (κ3) is 4.38. The van der Waals surface area contributed by atoms with Gasteiger partial charge in [-0.15, -0.1) is 0 Å². The number of ether oxygens (including phenoxy) is 2. The quantitative estimate of drug-likeness (QED) is 0.611. The summed E-state index contributed by atoms with van der Waals surface area (Å²) in [5.74, 6) is 1.55. The van der Waals surface area contributed by atoms with E-state index in [4.69, 9.17) is 9.47 Å². The van der Waals surface area contributed by atoms with Crippen LogP contribution >= 0.6 is 0 Å². The van der Waals surface area contributed by atoms with Gasteiger partial charge in [0.2, 0.25) is 5.91 Å². The molecule has 0 fully saturated rings. The van der Waals surface area contributed by atoms with Crippen LogP contribution < -0.4 is 19.7 Å². The van der Waals surface area contributed by atoms with E-state index in [1.807, 2.05) is 62.4 Å². The third-order valence-corrected chi connectivity index (χ3v) is 5.03. The maximum absolute atomic E-state index is 13.2. The molecule has 158 valence electrons. The van der Waals surface area contributed by atoms with Crippen LogP contribution in [0.4, 0.5) is 11.4 Å². The summed E-state index contributed by atoms with van der Waals surface area (Å²) in [5.41, 5.74) is 2.57. The van der Waals surface area contributed by atoms with E-state index < -0.39 is 0 Å². The Morgan fingerprint density at radius 3 is 2.52 bits per heavy atom. The second-order valence-corrected chi connectivity index (χ2v) is 7.13. The summed E-state index contributed by atoms with van der Waals surface area (Å²) in [5, 5.41) is 2.88. The number of carbonyl (C=O) groups is 2. The zero-order valence-corrected chi connectivity index (χ0v) is 17.6. The smallest absolute Gasteiger partial charge is 0.262 e. The van der Waals surface area contributed by atoms with Gasteiger partial charge in [0.1, 0.15) is 11.5 Å². The van der Waals surface area contributed by atoms with E-state index in [9.17, 15) is 9.59 Å². The van der Waals surface area contributed by atoms with Crippen LogP contribution in [0, 0.1) is 0 Å². The maximum atomic E-state index is 13.2. The predicted molar refractivity (Wildman–Crippen MR) is 120 cm³/mol. The number of amides is 2. The topological polar surface area (TPSA) is 67.9 Å². The highest BCUT2D eigenvalue weighted by atomic mass is 16.5. The third-order valence-electron chi connectivity index (χ3n) is 5.03. The van der Waals surface area contributed by atoms with Crippen molar-refractivity contribution in [3.63, 3.8) is 0 Å². The lowest BCUT2D eigenvalue weighted by Crippen LogP contribution is -2.29. The van der Waals surface area contributed by atoms with E-state index in [2.05, 4.69) is 5.32 Å². The van der Waals surface area contributed by atoms with Gasteiger partial charge in [-0.3, -0.25) is 9.59 Å². The van der Waals surface area contributed by atoms with Gasteiger partial charge in [-0.25, -0.2) is 0 Å². The lowest BCUT2D eigenvalue weighted by atomic mass is 10.1. The van der Waals surface area contributed by atoms with Gasteiger partial charge in [-0.05, 0) is 61.9 Å². The van der Waals surface area contributed by atoms with E-state index in [-0.39, 0.29) is 18.2 Å². The lowest BCUT2D eigenvalue weighted by molar-refractivity contribution is -0.115. The van der Waals surface area contributed by atoms with Crippen LogP contribution in [-0.2, 0) is 11.2 Å². The van der Waals surface area contributed by atoms with Crippen LogP contribution in [0.5, 0.6) is 17.2 Å². The Morgan fingerprint density at radius 2 is 1.77 bits per heavy atom. The molecule has 3 aromatic rings. The van der Waals surface area contributed by atoms with E-state index in [1.165, 1.54) is 0 Å². The molecule has 6 heteroatoms. The van der Waals surface area contributed by atoms with Gasteiger partial charge >= 0.3 is 0 Å². The number of anilines is 2. The molecule has 0 saturated carbocycles. The number of hydrogen-bond donors (Lipinski definition) is 1. The molecule has 3 aromatic carbocycles. The normalized spacial score (nSPS) is 12.3. The monoisotopic (exact) mass is 416 g/mol. The van der Waals surface area contributed by atoms with Crippen LogP contribution in [0.25, 0.3) is 0 Å².